The number of ether oxygens (including phenoxy) is 1. The minimum Gasteiger partial charge on any atom is -0.490 e. The van der Waals surface area contributed by atoms with Crippen LogP contribution in [0.4, 0.5) is 13.2 Å². The van der Waals surface area contributed by atoms with Crippen molar-refractivity contribution in [2.75, 3.05) is 0 Å². The Morgan fingerprint density at radius 1 is 1.29 bits per heavy atom. The molecule has 17 heavy (non-hydrogen) atoms. The van der Waals surface area contributed by atoms with E-state index in [1.54, 1.807) is 0 Å². The summed E-state index contributed by atoms with van der Waals surface area (Å²) in [4.78, 5) is 0. The van der Waals surface area contributed by atoms with Crippen LogP contribution < -0.4 is 10.5 Å². The van der Waals surface area contributed by atoms with Crippen molar-refractivity contribution in [2.24, 2.45) is 5.73 Å². The SMILES string of the molecule is NC1CC(Oc2cc(Br)ccc2C(F)(F)F)C1. The van der Waals surface area contributed by atoms with E-state index in [4.69, 9.17) is 10.5 Å². The van der Waals surface area contributed by atoms with Crippen LogP contribution in [0.25, 0.3) is 0 Å². The molecule has 1 aliphatic carbocycles. The third-order valence-electron chi connectivity index (χ3n) is 2.67. The van der Waals surface area contributed by atoms with Crippen LogP contribution in [0, 0.1) is 0 Å². The van der Waals surface area contributed by atoms with Gasteiger partial charge in [0.2, 0.25) is 0 Å². The predicted octanol–water partition coefficient (Wildman–Crippen LogP) is 3.34. The molecule has 0 aromatic heterocycles. The monoisotopic (exact) mass is 309 g/mol. The zero-order chi connectivity index (χ0) is 12.6. The second-order valence-corrected chi connectivity index (χ2v) is 5.03. The first-order valence-corrected chi connectivity index (χ1v) is 5.94. The summed E-state index contributed by atoms with van der Waals surface area (Å²) in [7, 11) is 0. The predicted molar refractivity (Wildman–Crippen MR) is 60.8 cm³/mol. The minimum absolute atomic E-state index is 0.0430. The lowest BCUT2D eigenvalue weighted by Gasteiger charge is -2.33. The molecule has 2 N–H and O–H groups in total. The molecule has 6 heteroatoms. The van der Waals surface area contributed by atoms with E-state index < -0.39 is 11.7 Å². The molecule has 0 unspecified atom stereocenters. The van der Waals surface area contributed by atoms with Crippen LogP contribution in [-0.4, -0.2) is 12.1 Å². The van der Waals surface area contributed by atoms with Crippen LogP contribution >= 0.6 is 15.9 Å². The molecule has 0 bridgehead atoms. The maximum atomic E-state index is 12.7. The molecule has 0 saturated heterocycles. The second-order valence-electron chi connectivity index (χ2n) is 4.11. The number of hydrogen-bond acceptors (Lipinski definition) is 2. The average Bonchev–Trinajstić information content (AvgIpc) is 2.13. The molecular formula is C11H11BrF3NO. The highest BCUT2D eigenvalue weighted by Gasteiger charge is 2.36. The van der Waals surface area contributed by atoms with Gasteiger partial charge in [0, 0.05) is 10.5 Å². The number of hydrogen-bond donors (Lipinski definition) is 1. The molecule has 0 atom stereocenters. The first-order valence-electron chi connectivity index (χ1n) is 5.15. The molecule has 1 aromatic carbocycles. The molecule has 0 heterocycles. The Kier molecular flexibility index (Phi) is 3.36. The molecule has 1 aromatic rings. The van der Waals surface area contributed by atoms with Gasteiger partial charge in [0.25, 0.3) is 0 Å². The van der Waals surface area contributed by atoms with E-state index in [0.29, 0.717) is 17.3 Å². The highest BCUT2D eigenvalue weighted by atomic mass is 79.9. The van der Waals surface area contributed by atoms with Gasteiger partial charge >= 0.3 is 6.18 Å². The molecule has 2 rings (SSSR count). The summed E-state index contributed by atoms with van der Waals surface area (Å²) in [6.45, 7) is 0. The van der Waals surface area contributed by atoms with Crippen molar-refractivity contribution in [3.63, 3.8) is 0 Å². The zero-order valence-corrected chi connectivity index (χ0v) is 10.4. The Morgan fingerprint density at radius 2 is 1.94 bits per heavy atom. The maximum Gasteiger partial charge on any atom is 0.419 e. The van der Waals surface area contributed by atoms with E-state index >= 15 is 0 Å². The largest absolute Gasteiger partial charge is 0.490 e. The molecule has 94 valence electrons. The second kappa shape index (κ2) is 4.49. The van der Waals surface area contributed by atoms with Crippen molar-refractivity contribution in [3.05, 3.63) is 28.2 Å². The number of benzene rings is 1. The summed E-state index contributed by atoms with van der Waals surface area (Å²) >= 11 is 3.13. The molecule has 1 fully saturated rings. The van der Waals surface area contributed by atoms with Crippen molar-refractivity contribution in [1.82, 2.24) is 0 Å². The summed E-state index contributed by atoms with van der Waals surface area (Å²) in [5.41, 5.74) is 4.82. The van der Waals surface area contributed by atoms with Crippen molar-refractivity contribution < 1.29 is 17.9 Å². The summed E-state index contributed by atoms with van der Waals surface area (Å²) in [6.07, 6.45) is -3.41. The van der Waals surface area contributed by atoms with E-state index in [1.165, 1.54) is 12.1 Å². The lowest BCUT2D eigenvalue weighted by Crippen LogP contribution is -2.43. The maximum absolute atomic E-state index is 12.7. The van der Waals surface area contributed by atoms with Crippen molar-refractivity contribution in [1.29, 1.82) is 0 Å². The van der Waals surface area contributed by atoms with Gasteiger partial charge < -0.3 is 10.5 Å². The van der Waals surface area contributed by atoms with Gasteiger partial charge in [-0.25, -0.2) is 0 Å². The van der Waals surface area contributed by atoms with Gasteiger partial charge in [-0.05, 0) is 31.0 Å². The quantitative estimate of drug-likeness (QED) is 0.909. The molecule has 1 saturated carbocycles. The highest BCUT2D eigenvalue weighted by molar-refractivity contribution is 9.10. The Morgan fingerprint density at radius 3 is 2.47 bits per heavy atom. The first kappa shape index (κ1) is 12.7. The summed E-state index contributed by atoms with van der Waals surface area (Å²) in [5, 5.41) is 0. The van der Waals surface area contributed by atoms with E-state index in [2.05, 4.69) is 15.9 Å². The van der Waals surface area contributed by atoms with Crippen molar-refractivity contribution in [3.8, 4) is 5.75 Å². The Balaban J connectivity index is 2.21. The summed E-state index contributed by atoms with van der Waals surface area (Å²) in [6, 6.07) is 3.74. The number of alkyl halides is 3. The Labute approximate surface area is 105 Å². The number of rotatable bonds is 2. The van der Waals surface area contributed by atoms with Gasteiger partial charge in [0.15, 0.2) is 0 Å². The van der Waals surface area contributed by atoms with Gasteiger partial charge in [-0.15, -0.1) is 0 Å². The van der Waals surface area contributed by atoms with Gasteiger partial charge in [0.1, 0.15) is 11.9 Å². The number of nitrogens with two attached hydrogens (primary N) is 1. The fourth-order valence-electron chi connectivity index (χ4n) is 1.71. The molecule has 2 nitrogen and oxygen atoms in total. The standard InChI is InChI=1S/C11H11BrF3NO/c12-6-1-2-9(11(13,14)15)10(3-6)17-8-4-7(16)5-8/h1-3,7-8H,4-5,16H2. The molecular weight excluding hydrogens is 299 g/mol. The first-order chi connectivity index (χ1) is 7.86. The van der Waals surface area contributed by atoms with E-state index in [-0.39, 0.29) is 17.9 Å². The zero-order valence-electron chi connectivity index (χ0n) is 8.80. The van der Waals surface area contributed by atoms with Crippen LogP contribution in [0.3, 0.4) is 0 Å². The Hall–Kier alpha value is -0.750. The van der Waals surface area contributed by atoms with Gasteiger partial charge in [0.05, 0.1) is 5.56 Å². The van der Waals surface area contributed by atoms with Gasteiger partial charge in [-0.2, -0.15) is 13.2 Å². The lowest BCUT2D eigenvalue weighted by molar-refractivity contribution is -0.139. The minimum atomic E-state index is -4.40. The highest BCUT2D eigenvalue weighted by Crippen LogP contribution is 2.39. The van der Waals surface area contributed by atoms with Crippen LogP contribution in [0.15, 0.2) is 22.7 Å². The van der Waals surface area contributed by atoms with Crippen molar-refractivity contribution >= 4 is 15.9 Å². The van der Waals surface area contributed by atoms with E-state index in [0.717, 1.165) is 6.07 Å². The van der Waals surface area contributed by atoms with Crippen LogP contribution in [0.2, 0.25) is 0 Å². The van der Waals surface area contributed by atoms with Crippen LogP contribution in [0.1, 0.15) is 18.4 Å². The molecule has 0 amide bonds. The fourth-order valence-corrected chi connectivity index (χ4v) is 2.05. The topological polar surface area (TPSA) is 35.2 Å². The molecule has 0 aliphatic heterocycles. The Bertz CT molecular complexity index is 416. The van der Waals surface area contributed by atoms with E-state index in [1.807, 2.05) is 0 Å². The van der Waals surface area contributed by atoms with Gasteiger partial charge in [-0.3, -0.25) is 0 Å². The van der Waals surface area contributed by atoms with E-state index in [9.17, 15) is 13.2 Å². The summed E-state index contributed by atoms with van der Waals surface area (Å²) in [5.74, 6) is -0.135. The molecule has 1 aliphatic rings. The molecule has 0 radical (unpaired) electrons. The number of halogens is 4. The smallest absolute Gasteiger partial charge is 0.419 e. The van der Waals surface area contributed by atoms with Crippen LogP contribution in [0.5, 0.6) is 5.75 Å². The third-order valence-corrected chi connectivity index (χ3v) is 3.17. The normalized spacial score (nSPS) is 24.3. The lowest BCUT2D eigenvalue weighted by atomic mass is 9.90. The van der Waals surface area contributed by atoms with Gasteiger partial charge in [-0.1, -0.05) is 15.9 Å². The average molecular weight is 310 g/mol. The van der Waals surface area contributed by atoms with Crippen molar-refractivity contribution in [2.45, 2.75) is 31.2 Å². The fraction of sp³-hybridized carbons (Fsp3) is 0.455. The third kappa shape index (κ3) is 2.93. The summed E-state index contributed by atoms with van der Waals surface area (Å²) < 4.78 is 44.0. The molecule has 0 spiro atoms. The van der Waals surface area contributed by atoms with Crippen LogP contribution in [-0.2, 0) is 6.18 Å².